The first-order valence-corrected chi connectivity index (χ1v) is 7.12. The highest BCUT2D eigenvalue weighted by molar-refractivity contribution is 6.09. The molecule has 2 saturated heterocycles. The Hall–Kier alpha value is -1.88. The summed E-state index contributed by atoms with van der Waals surface area (Å²) in [6.07, 6.45) is 0.828. The van der Waals surface area contributed by atoms with Crippen molar-refractivity contribution in [1.29, 1.82) is 0 Å². The van der Waals surface area contributed by atoms with Crippen molar-refractivity contribution in [3.63, 3.8) is 0 Å². The van der Waals surface area contributed by atoms with Gasteiger partial charge in [0.1, 0.15) is 5.54 Å². The first kappa shape index (κ1) is 13.1. The monoisotopic (exact) mass is 272 g/mol. The number of carbonyl (C=O) groups excluding carboxylic acids is 1. The van der Waals surface area contributed by atoms with Gasteiger partial charge in [-0.2, -0.15) is 0 Å². The molecule has 0 saturated carbocycles. The van der Waals surface area contributed by atoms with Crippen molar-refractivity contribution in [3.8, 4) is 0 Å². The minimum Gasteiger partial charge on any atom is -0.341 e. The summed E-state index contributed by atoms with van der Waals surface area (Å²) in [5, 5.41) is 6.13. The van der Waals surface area contributed by atoms with Gasteiger partial charge in [-0.1, -0.05) is 30.3 Å². The van der Waals surface area contributed by atoms with Crippen LogP contribution in [0.4, 0.5) is 0 Å². The summed E-state index contributed by atoms with van der Waals surface area (Å²) in [6.45, 7) is 5.18. The molecule has 106 valence electrons. The predicted molar refractivity (Wildman–Crippen MR) is 78.3 cm³/mol. The molecule has 1 atom stereocenters. The average Bonchev–Trinajstić information content (AvgIpc) is 2.97. The number of hydrogen-bond donors (Lipinski definition) is 2. The van der Waals surface area contributed by atoms with Gasteiger partial charge in [0.2, 0.25) is 0 Å². The maximum atomic E-state index is 12.2. The van der Waals surface area contributed by atoms with Crippen LogP contribution in [0.15, 0.2) is 35.3 Å². The number of aliphatic imine (C=N–C) groups is 1. The molecule has 0 aliphatic carbocycles. The lowest BCUT2D eigenvalue weighted by molar-refractivity contribution is -0.123. The van der Waals surface area contributed by atoms with E-state index in [1.54, 1.807) is 0 Å². The van der Waals surface area contributed by atoms with Crippen LogP contribution in [0.1, 0.15) is 18.9 Å². The van der Waals surface area contributed by atoms with Crippen LogP contribution in [0.5, 0.6) is 0 Å². The van der Waals surface area contributed by atoms with Gasteiger partial charge in [0, 0.05) is 26.2 Å². The number of rotatable bonds is 3. The van der Waals surface area contributed by atoms with E-state index in [1.807, 2.05) is 25.1 Å². The minimum atomic E-state index is -0.483. The second-order valence-electron chi connectivity index (χ2n) is 5.43. The zero-order valence-electron chi connectivity index (χ0n) is 11.7. The van der Waals surface area contributed by atoms with E-state index < -0.39 is 5.54 Å². The third-order valence-electron chi connectivity index (χ3n) is 3.94. The molecule has 2 fully saturated rings. The third-order valence-corrected chi connectivity index (χ3v) is 3.94. The normalized spacial score (nSPS) is 28.1. The van der Waals surface area contributed by atoms with E-state index >= 15 is 0 Å². The molecule has 1 spiro atoms. The Bertz CT molecular complexity index is 528. The highest BCUT2D eigenvalue weighted by Crippen LogP contribution is 2.25. The van der Waals surface area contributed by atoms with E-state index in [4.69, 9.17) is 0 Å². The number of likely N-dealkylation sites (tertiary alicyclic amines) is 1. The van der Waals surface area contributed by atoms with Gasteiger partial charge in [-0.25, -0.2) is 0 Å². The Balaban J connectivity index is 1.67. The number of benzene rings is 1. The number of guanidine groups is 1. The summed E-state index contributed by atoms with van der Waals surface area (Å²) >= 11 is 0. The lowest BCUT2D eigenvalue weighted by Crippen LogP contribution is -2.49. The molecule has 2 N–H and O–H groups in total. The molecule has 1 aromatic carbocycles. The molecule has 2 aliphatic rings. The van der Waals surface area contributed by atoms with Gasteiger partial charge in [-0.15, -0.1) is 0 Å². The van der Waals surface area contributed by atoms with Crippen molar-refractivity contribution in [1.82, 2.24) is 15.5 Å². The quantitative estimate of drug-likeness (QED) is 0.853. The van der Waals surface area contributed by atoms with Crippen LogP contribution in [0.3, 0.4) is 0 Å². The van der Waals surface area contributed by atoms with Crippen molar-refractivity contribution < 1.29 is 4.79 Å². The van der Waals surface area contributed by atoms with Gasteiger partial charge < -0.3 is 5.32 Å². The molecule has 1 amide bonds. The fraction of sp³-hybridized carbons (Fsp3) is 0.467. The molecule has 20 heavy (non-hydrogen) atoms. The Morgan fingerprint density at radius 1 is 1.35 bits per heavy atom. The smallest absolute Gasteiger partial charge is 0.253 e. The Labute approximate surface area is 119 Å². The number of nitrogens with zero attached hydrogens (tertiary/aromatic N) is 2. The minimum absolute atomic E-state index is 0.0558. The van der Waals surface area contributed by atoms with Crippen LogP contribution in [0, 0.1) is 0 Å². The van der Waals surface area contributed by atoms with Crippen LogP contribution in [-0.2, 0) is 11.3 Å². The molecule has 1 unspecified atom stereocenters. The molecule has 2 heterocycles. The van der Waals surface area contributed by atoms with Crippen molar-refractivity contribution in [2.24, 2.45) is 4.99 Å². The summed E-state index contributed by atoms with van der Waals surface area (Å²) in [7, 11) is 0. The van der Waals surface area contributed by atoms with Gasteiger partial charge in [0.25, 0.3) is 5.91 Å². The fourth-order valence-corrected chi connectivity index (χ4v) is 2.93. The maximum absolute atomic E-state index is 12.2. The molecule has 5 nitrogen and oxygen atoms in total. The van der Waals surface area contributed by atoms with Gasteiger partial charge >= 0.3 is 0 Å². The van der Waals surface area contributed by atoms with E-state index in [2.05, 4.69) is 32.7 Å². The molecule has 0 aromatic heterocycles. The van der Waals surface area contributed by atoms with Gasteiger partial charge in [-0.05, 0) is 18.9 Å². The predicted octanol–water partition coefficient (Wildman–Crippen LogP) is 0.726. The maximum Gasteiger partial charge on any atom is 0.253 e. The first-order valence-electron chi connectivity index (χ1n) is 7.12. The lowest BCUT2D eigenvalue weighted by atomic mass is 9.99. The number of hydrogen-bond acceptors (Lipinski definition) is 3. The Morgan fingerprint density at radius 2 is 2.15 bits per heavy atom. The second-order valence-corrected chi connectivity index (χ2v) is 5.43. The van der Waals surface area contributed by atoms with E-state index in [-0.39, 0.29) is 5.91 Å². The van der Waals surface area contributed by atoms with Gasteiger partial charge in [0.15, 0.2) is 5.96 Å². The molecule has 0 radical (unpaired) electrons. The van der Waals surface area contributed by atoms with E-state index in [1.165, 1.54) is 5.56 Å². The summed E-state index contributed by atoms with van der Waals surface area (Å²) < 4.78 is 0. The van der Waals surface area contributed by atoms with E-state index in [0.29, 0.717) is 12.5 Å². The lowest BCUT2D eigenvalue weighted by Gasteiger charge is -2.21. The molecular weight excluding hydrogens is 252 g/mol. The standard InChI is InChI=1S/C15H20N4O/c1-2-16-14-17-13(20)15(18-14)8-9-19(11-15)10-12-6-4-3-5-7-12/h3-7H,2,8-11H2,1H3,(H2,16,17,18,20). The van der Waals surface area contributed by atoms with Crippen LogP contribution in [-0.4, -0.2) is 41.9 Å². The SMILES string of the molecule is CCN=C1NC(=O)C2(CCN(Cc3ccccc3)C2)N1. The highest BCUT2D eigenvalue weighted by Gasteiger charge is 2.49. The van der Waals surface area contributed by atoms with Crippen molar-refractivity contribution in [2.45, 2.75) is 25.4 Å². The number of carbonyl (C=O) groups is 1. The number of nitrogens with one attached hydrogen (secondary N) is 2. The molecule has 5 heteroatoms. The summed E-state index contributed by atoms with van der Waals surface area (Å²) in [4.78, 5) is 18.8. The average molecular weight is 272 g/mol. The Kier molecular flexibility index (Phi) is 3.44. The van der Waals surface area contributed by atoms with Crippen LogP contribution in [0.25, 0.3) is 0 Å². The van der Waals surface area contributed by atoms with Crippen LogP contribution >= 0.6 is 0 Å². The largest absolute Gasteiger partial charge is 0.341 e. The molecule has 1 aromatic rings. The fourth-order valence-electron chi connectivity index (χ4n) is 2.93. The third kappa shape index (κ3) is 2.41. The zero-order chi connectivity index (χ0) is 14.0. The molecule has 3 rings (SSSR count). The van der Waals surface area contributed by atoms with Crippen LogP contribution < -0.4 is 10.6 Å². The number of amides is 1. The second kappa shape index (κ2) is 5.25. The molecule has 2 aliphatic heterocycles. The van der Waals surface area contributed by atoms with Gasteiger partial charge in [-0.3, -0.25) is 20.0 Å². The first-order chi connectivity index (χ1) is 9.72. The van der Waals surface area contributed by atoms with Gasteiger partial charge in [0.05, 0.1) is 0 Å². The van der Waals surface area contributed by atoms with E-state index in [0.717, 1.165) is 26.1 Å². The Morgan fingerprint density at radius 3 is 2.90 bits per heavy atom. The van der Waals surface area contributed by atoms with E-state index in [9.17, 15) is 4.79 Å². The van der Waals surface area contributed by atoms with Crippen molar-refractivity contribution >= 4 is 11.9 Å². The zero-order valence-corrected chi connectivity index (χ0v) is 11.7. The summed E-state index contributed by atoms with van der Waals surface area (Å²) in [6, 6.07) is 10.4. The summed E-state index contributed by atoms with van der Waals surface area (Å²) in [5.74, 6) is 0.680. The van der Waals surface area contributed by atoms with Crippen molar-refractivity contribution in [3.05, 3.63) is 35.9 Å². The topological polar surface area (TPSA) is 56.7 Å². The molecular formula is C15H20N4O. The van der Waals surface area contributed by atoms with Crippen molar-refractivity contribution in [2.75, 3.05) is 19.6 Å². The van der Waals surface area contributed by atoms with Crippen LogP contribution in [0.2, 0.25) is 0 Å². The summed E-state index contributed by atoms with van der Waals surface area (Å²) in [5.41, 5.74) is 0.799. The molecule has 0 bridgehead atoms. The highest BCUT2D eigenvalue weighted by atomic mass is 16.2.